The first-order valence-electron chi connectivity index (χ1n) is 4.92. The normalized spacial score (nSPS) is 14.8. The summed E-state index contributed by atoms with van der Waals surface area (Å²) in [5.41, 5.74) is 0. The minimum absolute atomic E-state index is 0. The number of allylic oxidation sites excluding steroid dienone is 1. The lowest BCUT2D eigenvalue weighted by Crippen LogP contribution is -2.24. The van der Waals surface area contributed by atoms with Gasteiger partial charge in [-0.3, -0.25) is 0 Å². The first-order valence-corrected chi connectivity index (χ1v) is 4.92. The van der Waals surface area contributed by atoms with Crippen LogP contribution in [0.3, 0.4) is 0 Å². The zero-order chi connectivity index (χ0) is 9.56. The van der Waals surface area contributed by atoms with Crippen LogP contribution in [0, 0.1) is 11.8 Å². The quantitative estimate of drug-likeness (QED) is 0.628. The van der Waals surface area contributed by atoms with Crippen molar-refractivity contribution in [3.63, 3.8) is 0 Å². The maximum Gasteiger partial charge on any atom is 0.0573 e. The average molecular weight is 186 g/mol. The molecule has 80 valence electrons. The lowest BCUT2D eigenvalue weighted by atomic mass is 9.85. The van der Waals surface area contributed by atoms with E-state index in [0.29, 0.717) is 11.8 Å². The zero-order valence-electron chi connectivity index (χ0n) is 8.59. The Hall–Kier alpha value is -0.300. The third kappa shape index (κ3) is 5.87. The zero-order valence-corrected chi connectivity index (χ0v) is 8.59. The fraction of sp³-hybridized carbons (Fsp3) is 0.833. The van der Waals surface area contributed by atoms with Crippen LogP contribution in [0.25, 0.3) is 0 Å². The Labute approximate surface area is 83.9 Å². The predicted octanol–water partition coefficient (Wildman–Crippen LogP) is 3.63. The molecule has 1 N–H and O–H groups in total. The third-order valence-corrected chi connectivity index (χ3v) is 2.37. The number of aliphatic hydroxyl groups excluding tert-OH is 1. The molecule has 0 radical (unpaired) electrons. The number of hydrogen-bond donors (Lipinski definition) is 1. The van der Waals surface area contributed by atoms with Gasteiger partial charge in [0, 0.05) is 0 Å². The van der Waals surface area contributed by atoms with E-state index < -0.39 is 0 Å². The summed E-state index contributed by atoms with van der Waals surface area (Å²) in [5.74, 6) is 0.937. The fourth-order valence-electron chi connectivity index (χ4n) is 1.58. The van der Waals surface area contributed by atoms with Crippen LogP contribution in [0.2, 0.25) is 0 Å². The van der Waals surface area contributed by atoms with Crippen LogP contribution in [-0.2, 0) is 0 Å². The van der Waals surface area contributed by atoms with E-state index >= 15 is 0 Å². The van der Waals surface area contributed by atoms with Gasteiger partial charge in [-0.25, -0.2) is 0 Å². The number of rotatable bonds is 6. The molecule has 0 aliphatic heterocycles. The molecule has 1 heteroatoms. The SMILES string of the molecule is C.C=CC[C@H](C(C)C)[C@@H](O)CCC. The van der Waals surface area contributed by atoms with E-state index in [2.05, 4.69) is 27.4 Å². The number of hydrogen-bond acceptors (Lipinski definition) is 1. The van der Waals surface area contributed by atoms with Gasteiger partial charge in [-0.2, -0.15) is 0 Å². The molecule has 0 amide bonds. The summed E-state index contributed by atoms with van der Waals surface area (Å²) in [6, 6.07) is 0. The molecule has 0 aromatic carbocycles. The molecule has 1 nitrogen and oxygen atoms in total. The van der Waals surface area contributed by atoms with Gasteiger partial charge in [-0.15, -0.1) is 6.58 Å². The van der Waals surface area contributed by atoms with Gasteiger partial charge in [0.15, 0.2) is 0 Å². The van der Waals surface area contributed by atoms with Crippen molar-refractivity contribution >= 4 is 0 Å². The van der Waals surface area contributed by atoms with Crippen LogP contribution in [-0.4, -0.2) is 11.2 Å². The second-order valence-corrected chi connectivity index (χ2v) is 3.79. The molecule has 0 saturated carbocycles. The van der Waals surface area contributed by atoms with Crippen molar-refractivity contribution in [3.8, 4) is 0 Å². The molecular weight excluding hydrogens is 160 g/mol. The second kappa shape index (κ2) is 8.31. The highest BCUT2D eigenvalue weighted by Crippen LogP contribution is 2.22. The molecule has 0 heterocycles. The molecule has 0 aromatic heterocycles. The predicted molar refractivity (Wildman–Crippen MR) is 60.8 cm³/mol. The van der Waals surface area contributed by atoms with E-state index in [-0.39, 0.29) is 13.5 Å². The Kier molecular flexibility index (Phi) is 9.70. The van der Waals surface area contributed by atoms with Gasteiger partial charge in [0.2, 0.25) is 0 Å². The largest absolute Gasteiger partial charge is 0.393 e. The molecule has 0 aliphatic rings. The highest BCUT2D eigenvalue weighted by atomic mass is 16.3. The summed E-state index contributed by atoms with van der Waals surface area (Å²) in [7, 11) is 0. The molecule has 13 heavy (non-hydrogen) atoms. The van der Waals surface area contributed by atoms with Crippen molar-refractivity contribution in [1.29, 1.82) is 0 Å². The minimum Gasteiger partial charge on any atom is -0.393 e. The van der Waals surface area contributed by atoms with Crippen LogP contribution >= 0.6 is 0 Å². The fourth-order valence-corrected chi connectivity index (χ4v) is 1.58. The van der Waals surface area contributed by atoms with Crippen molar-refractivity contribution in [2.24, 2.45) is 11.8 Å². The Morgan fingerprint density at radius 1 is 1.38 bits per heavy atom. The third-order valence-electron chi connectivity index (χ3n) is 2.37. The molecular formula is C12H26O. The van der Waals surface area contributed by atoms with Gasteiger partial charge in [0.25, 0.3) is 0 Å². The maximum absolute atomic E-state index is 9.76. The van der Waals surface area contributed by atoms with Crippen molar-refractivity contribution in [3.05, 3.63) is 12.7 Å². The van der Waals surface area contributed by atoms with E-state index in [1.807, 2.05) is 6.08 Å². The standard InChI is InChI=1S/C11H22O.CH4/c1-5-7-10(9(3)4)11(12)8-6-2;/h5,9-12H,1,6-8H2,2-4H3;1H4/t10-,11+;/m1./s1. The van der Waals surface area contributed by atoms with Gasteiger partial charge >= 0.3 is 0 Å². The van der Waals surface area contributed by atoms with E-state index in [9.17, 15) is 5.11 Å². The van der Waals surface area contributed by atoms with Crippen LogP contribution in [0.1, 0.15) is 47.5 Å². The highest BCUT2D eigenvalue weighted by Gasteiger charge is 2.19. The summed E-state index contributed by atoms with van der Waals surface area (Å²) in [6.07, 6.45) is 4.66. The lowest BCUT2D eigenvalue weighted by Gasteiger charge is -2.24. The second-order valence-electron chi connectivity index (χ2n) is 3.79. The smallest absolute Gasteiger partial charge is 0.0573 e. The number of aliphatic hydroxyl groups is 1. The molecule has 0 saturated heterocycles. The van der Waals surface area contributed by atoms with Gasteiger partial charge in [0.05, 0.1) is 6.10 Å². The summed E-state index contributed by atoms with van der Waals surface area (Å²) in [6.45, 7) is 10.1. The van der Waals surface area contributed by atoms with Crippen LogP contribution in [0.15, 0.2) is 12.7 Å². The van der Waals surface area contributed by atoms with Gasteiger partial charge in [-0.05, 0) is 24.7 Å². The van der Waals surface area contributed by atoms with E-state index in [4.69, 9.17) is 0 Å². The van der Waals surface area contributed by atoms with E-state index in [1.165, 1.54) is 0 Å². The first kappa shape index (κ1) is 15.2. The van der Waals surface area contributed by atoms with Crippen molar-refractivity contribution < 1.29 is 5.11 Å². The lowest BCUT2D eigenvalue weighted by molar-refractivity contribution is 0.0746. The van der Waals surface area contributed by atoms with Gasteiger partial charge in [-0.1, -0.05) is 40.7 Å². The van der Waals surface area contributed by atoms with Crippen molar-refractivity contribution in [2.45, 2.75) is 53.6 Å². The summed E-state index contributed by atoms with van der Waals surface area (Å²) in [4.78, 5) is 0. The molecule has 0 rings (SSSR count). The van der Waals surface area contributed by atoms with Crippen LogP contribution < -0.4 is 0 Å². The van der Waals surface area contributed by atoms with E-state index in [0.717, 1.165) is 19.3 Å². The molecule has 0 fully saturated rings. The van der Waals surface area contributed by atoms with E-state index in [1.54, 1.807) is 0 Å². The molecule has 0 spiro atoms. The Morgan fingerprint density at radius 2 is 1.92 bits per heavy atom. The monoisotopic (exact) mass is 186 g/mol. The molecule has 2 atom stereocenters. The molecule has 0 unspecified atom stereocenters. The maximum atomic E-state index is 9.76. The average Bonchev–Trinajstić information content (AvgIpc) is 1.99. The van der Waals surface area contributed by atoms with Gasteiger partial charge < -0.3 is 5.11 Å². The topological polar surface area (TPSA) is 20.2 Å². The Bertz CT molecular complexity index is 118. The first-order chi connectivity index (χ1) is 5.63. The van der Waals surface area contributed by atoms with Crippen LogP contribution in [0.5, 0.6) is 0 Å². The summed E-state index contributed by atoms with van der Waals surface area (Å²) in [5, 5.41) is 9.76. The Balaban J connectivity index is 0. The molecule has 0 bridgehead atoms. The minimum atomic E-state index is -0.145. The van der Waals surface area contributed by atoms with Crippen molar-refractivity contribution in [1.82, 2.24) is 0 Å². The molecule has 0 aliphatic carbocycles. The van der Waals surface area contributed by atoms with Crippen LogP contribution in [0.4, 0.5) is 0 Å². The summed E-state index contributed by atoms with van der Waals surface area (Å²) >= 11 is 0. The Morgan fingerprint density at radius 3 is 2.23 bits per heavy atom. The highest BCUT2D eigenvalue weighted by molar-refractivity contribution is 4.79. The molecule has 0 aromatic rings. The van der Waals surface area contributed by atoms with Crippen molar-refractivity contribution in [2.75, 3.05) is 0 Å². The van der Waals surface area contributed by atoms with Gasteiger partial charge in [0.1, 0.15) is 0 Å². The summed E-state index contributed by atoms with van der Waals surface area (Å²) < 4.78 is 0.